The number of nitrogens with one attached hydrogen (secondary N) is 1. The summed E-state index contributed by atoms with van der Waals surface area (Å²) in [4.78, 5) is 22.9. The number of ether oxygens (including phenoxy) is 1. The maximum absolute atomic E-state index is 11.5. The van der Waals surface area contributed by atoms with Crippen molar-refractivity contribution in [1.82, 2.24) is 5.32 Å². The normalized spacial score (nSPS) is 12.2. The molecule has 0 fully saturated rings. The average molecular weight is 343 g/mol. The van der Waals surface area contributed by atoms with Crippen LogP contribution in [0.5, 0.6) is 5.75 Å². The highest BCUT2D eigenvalue weighted by molar-refractivity contribution is 5.89. The van der Waals surface area contributed by atoms with E-state index in [9.17, 15) is 14.7 Å². The van der Waals surface area contributed by atoms with Crippen LogP contribution in [0.15, 0.2) is 36.4 Å². The number of carboxylic acid groups (broad SMARTS) is 1. The SMILES string of the molecule is CC(=O)NC(Cc1c(OCCC(C)C)ccc2ccccc12)C(=O)O. The molecule has 1 unspecified atom stereocenters. The summed E-state index contributed by atoms with van der Waals surface area (Å²) < 4.78 is 5.94. The smallest absolute Gasteiger partial charge is 0.326 e. The molecular weight excluding hydrogens is 318 g/mol. The summed E-state index contributed by atoms with van der Waals surface area (Å²) in [6.45, 7) is 6.14. The van der Waals surface area contributed by atoms with Crippen LogP contribution in [0, 0.1) is 5.92 Å². The second-order valence-corrected chi connectivity index (χ2v) is 6.59. The van der Waals surface area contributed by atoms with E-state index in [1.165, 1.54) is 6.92 Å². The fourth-order valence-corrected chi connectivity index (χ4v) is 2.72. The number of fused-ring (bicyclic) bond motifs is 1. The van der Waals surface area contributed by atoms with Gasteiger partial charge >= 0.3 is 5.97 Å². The van der Waals surface area contributed by atoms with Crippen molar-refractivity contribution in [1.29, 1.82) is 0 Å². The van der Waals surface area contributed by atoms with Crippen molar-refractivity contribution in [3.05, 3.63) is 42.0 Å². The Labute approximate surface area is 148 Å². The number of carboxylic acids is 1. The third-order valence-corrected chi connectivity index (χ3v) is 4.03. The van der Waals surface area contributed by atoms with Crippen LogP contribution in [-0.4, -0.2) is 29.6 Å². The molecule has 1 atom stereocenters. The monoisotopic (exact) mass is 343 g/mol. The Morgan fingerprint density at radius 2 is 1.88 bits per heavy atom. The van der Waals surface area contributed by atoms with Crippen LogP contribution in [0.25, 0.3) is 10.8 Å². The molecule has 0 spiro atoms. The lowest BCUT2D eigenvalue weighted by Crippen LogP contribution is -2.41. The highest BCUT2D eigenvalue weighted by Crippen LogP contribution is 2.29. The fraction of sp³-hybridized carbons (Fsp3) is 0.400. The topological polar surface area (TPSA) is 75.6 Å². The van der Waals surface area contributed by atoms with Crippen molar-refractivity contribution >= 4 is 22.6 Å². The summed E-state index contributed by atoms with van der Waals surface area (Å²) in [7, 11) is 0. The molecule has 25 heavy (non-hydrogen) atoms. The van der Waals surface area contributed by atoms with E-state index < -0.39 is 12.0 Å². The Morgan fingerprint density at radius 1 is 1.16 bits per heavy atom. The van der Waals surface area contributed by atoms with Gasteiger partial charge in [0.25, 0.3) is 0 Å². The van der Waals surface area contributed by atoms with Crippen LogP contribution in [0.4, 0.5) is 0 Å². The average Bonchev–Trinajstić information content (AvgIpc) is 2.55. The van der Waals surface area contributed by atoms with Crippen molar-refractivity contribution in [3.63, 3.8) is 0 Å². The quantitative estimate of drug-likeness (QED) is 0.770. The minimum atomic E-state index is -1.06. The van der Waals surface area contributed by atoms with Crippen LogP contribution in [-0.2, 0) is 16.0 Å². The highest BCUT2D eigenvalue weighted by Gasteiger charge is 2.22. The summed E-state index contributed by atoms with van der Waals surface area (Å²) >= 11 is 0. The first-order valence-corrected chi connectivity index (χ1v) is 8.51. The number of hydrogen-bond donors (Lipinski definition) is 2. The maximum Gasteiger partial charge on any atom is 0.326 e. The lowest BCUT2D eigenvalue weighted by Gasteiger charge is -2.19. The summed E-state index contributed by atoms with van der Waals surface area (Å²) in [6.07, 6.45) is 1.09. The van der Waals surface area contributed by atoms with Gasteiger partial charge in [-0.15, -0.1) is 0 Å². The summed E-state index contributed by atoms with van der Waals surface area (Å²) in [5, 5.41) is 13.9. The van der Waals surface area contributed by atoms with E-state index in [1.54, 1.807) is 0 Å². The third-order valence-electron chi connectivity index (χ3n) is 4.03. The standard InChI is InChI=1S/C20H25NO4/c1-13(2)10-11-25-19-9-8-15-6-4-5-7-16(15)17(19)12-18(20(23)24)21-14(3)22/h4-9,13,18H,10-12H2,1-3H3,(H,21,22)(H,23,24). The van der Waals surface area contributed by atoms with Crippen LogP contribution in [0.3, 0.4) is 0 Å². The summed E-state index contributed by atoms with van der Waals surface area (Å²) in [6, 6.07) is 10.6. The number of amides is 1. The van der Waals surface area contributed by atoms with Crippen molar-refractivity contribution in [2.24, 2.45) is 5.92 Å². The largest absolute Gasteiger partial charge is 0.493 e. The minimum absolute atomic E-state index is 0.174. The van der Waals surface area contributed by atoms with E-state index in [0.29, 0.717) is 18.3 Å². The van der Waals surface area contributed by atoms with Crippen LogP contribution in [0.1, 0.15) is 32.8 Å². The van der Waals surface area contributed by atoms with Gasteiger partial charge in [-0.25, -0.2) is 4.79 Å². The van der Waals surface area contributed by atoms with Gasteiger partial charge in [0.2, 0.25) is 5.91 Å². The Morgan fingerprint density at radius 3 is 2.52 bits per heavy atom. The molecule has 2 rings (SSSR count). The van der Waals surface area contributed by atoms with Gasteiger partial charge in [-0.05, 0) is 29.2 Å². The molecule has 0 heterocycles. The third kappa shape index (κ3) is 5.21. The van der Waals surface area contributed by atoms with Crippen molar-refractivity contribution in [2.45, 2.75) is 39.7 Å². The van der Waals surface area contributed by atoms with Crippen molar-refractivity contribution in [2.75, 3.05) is 6.61 Å². The first kappa shape index (κ1) is 18.8. The van der Waals surface area contributed by atoms with Crippen LogP contribution >= 0.6 is 0 Å². The van der Waals surface area contributed by atoms with E-state index in [0.717, 1.165) is 22.8 Å². The van der Waals surface area contributed by atoms with Crippen LogP contribution in [0.2, 0.25) is 0 Å². The Kier molecular flexibility index (Phi) is 6.39. The number of carbonyl (C=O) groups is 2. The van der Waals surface area contributed by atoms with Crippen molar-refractivity contribution in [3.8, 4) is 5.75 Å². The molecule has 0 saturated heterocycles. The van der Waals surface area contributed by atoms with E-state index in [1.807, 2.05) is 36.4 Å². The number of aliphatic carboxylic acids is 1. The predicted octanol–water partition coefficient (Wildman–Crippen LogP) is 3.40. The molecule has 0 aliphatic heterocycles. The molecular formula is C20H25NO4. The fourth-order valence-electron chi connectivity index (χ4n) is 2.72. The molecule has 2 aromatic rings. The number of carbonyl (C=O) groups excluding carboxylic acids is 1. The molecule has 0 aromatic heterocycles. The predicted molar refractivity (Wildman–Crippen MR) is 97.8 cm³/mol. The van der Waals surface area contributed by atoms with Gasteiger partial charge in [-0.2, -0.15) is 0 Å². The minimum Gasteiger partial charge on any atom is -0.493 e. The zero-order valence-electron chi connectivity index (χ0n) is 14.9. The summed E-state index contributed by atoms with van der Waals surface area (Å²) in [5.41, 5.74) is 0.808. The van der Waals surface area contributed by atoms with E-state index in [-0.39, 0.29) is 12.3 Å². The van der Waals surface area contributed by atoms with Gasteiger partial charge in [-0.3, -0.25) is 4.79 Å². The number of benzene rings is 2. The summed E-state index contributed by atoms with van der Waals surface area (Å²) in [5.74, 6) is -0.225. The van der Waals surface area contributed by atoms with Crippen LogP contribution < -0.4 is 10.1 Å². The molecule has 2 aromatic carbocycles. The molecule has 0 saturated carbocycles. The van der Waals surface area contributed by atoms with Crippen molar-refractivity contribution < 1.29 is 19.4 Å². The first-order valence-electron chi connectivity index (χ1n) is 8.51. The first-order chi connectivity index (χ1) is 11.9. The van der Waals surface area contributed by atoms with E-state index in [2.05, 4.69) is 19.2 Å². The van der Waals surface area contributed by atoms with Gasteiger partial charge in [0.1, 0.15) is 11.8 Å². The molecule has 0 aliphatic rings. The van der Waals surface area contributed by atoms with Gasteiger partial charge in [0, 0.05) is 18.9 Å². The zero-order valence-corrected chi connectivity index (χ0v) is 14.9. The van der Waals surface area contributed by atoms with E-state index >= 15 is 0 Å². The molecule has 1 amide bonds. The second-order valence-electron chi connectivity index (χ2n) is 6.59. The van der Waals surface area contributed by atoms with Gasteiger partial charge in [0.15, 0.2) is 0 Å². The van der Waals surface area contributed by atoms with Gasteiger partial charge in [0.05, 0.1) is 6.61 Å². The van der Waals surface area contributed by atoms with E-state index in [4.69, 9.17) is 4.74 Å². The Balaban J connectivity index is 2.38. The molecule has 5 nitrogen and oxygen atoms in total. The number of hydrogen-bond acceptors (Lipinski definition) is 3. The Hall–Kier alpha value is -2.56. The molecule has 5 heteroatoms. The lowest BCUT2D eigenvalue weighted by molar-refractivity contribution is -0.141. The highest BCUT2D eigenvalue weighted by atomic mass is 16.5. The molecule has 2 N–H and O–H groups in total. The molecule has 0 bridgehead atoms. The Bertz CT molecular complexity index is 754. The molecule has 0 aliphatic carbocycles. The zero-order chi connectivity index (χ0) is 18.4. The van der Waals surface area contributed by atoms with Gasteiger partial charge < -0.3 is 15.2 Å². The maximum atomic E-state index is 11.5. The lowest BCUT2D eigenvalue weighted by atomic mass is 9.97. The number of rotatable bonds is 8. The molecule has 134 valence electrons. The molecule has 0 radical (unpaired) electrons. The van der Waals surface area contributed by atoms with Gasteiger partial charge in [-0.1, -0.05) is 44.2 Å². The second kappa shape index (κ2) is 8.51.